The van der Waals surface area contributed by atoms with Crippen LogP contribution in [0.2, 0.25) is 0 Å². The Morgan fingerprint density at radius 3 is 1.04 bits per heavy atom. The SMILES string of the molecule is Cc1c(F)c(F)c(F)c(F)c1F.Cc1c(F)cc(F)cc1F.Cc1c(F)cccc1F.Cc1cc(F)cc(F)c1.Cc1ccc(F)cc1F. The normalized spacial score (nSPS) is 9.94. The summed E-state index contributed by atoms with van der Waals surface area (Å²) < 4.78 is 172. The molecular weight excluding hydrogens is 686 g/mol. The second kappa shape index (κ2) is 19.2. The molecule has 0 nitrogen and oxygen atoms in total. The lowest BCUT2D eigenvalue weighted by Gasteiger charge is -2.02. The van der Waals surface area contributed by atoms with Gasteiger partial charge in [-0.05, 0) is 76.1 Å². The maximum atomic E-state index is 12.4. The minimum absolute atomic E-state index is 0.0810. The van der Waals surface area contributed by atoms with E-state index in [0.29, 0.717) is 23.3 Å². The Balaban J connectivity index is 0.000000308. The summed E-state index contributed by atoms with van der Waals surface area (Å²) in [5.74, 6) is -15.2. The zero-order chi connectivity index (χ0) is 37.7. The number of benzene rings is 5. The Bertz CT molecular complexity index is 1670. The monoisotopic (exact) mass is 712 g/mol. The van der Waals surface area contributed by atoms with Crippen LogP contribution in [-0.2, 0) is 0 Å². The van der Waals surface area contributed by atoms with E-state index in [9.17, 15) is 61.5 Å². The number of rotatable bonds is 0. The quantitative estimate of drug-likeness (QED) is 0.0852. The average molecular weight is 713 g/mol. The van der Waals surface area contributed by atoms with E-state index in [1.165, 1.54) is 56.3 Å². The Morgan fingerprint density at radius 2 is 0.673 bits per heavy atom. The van der Waals surface area contributed by atoms with Crippen LogP contribution < -0.4 is 0 Å². The van der Waals surface area contributed by atoms with Gasteiger partial charge in [0.05, 0.1) is 0 Å². The van der Waals surface area contributed by atoms with Crippen LogP contribution >= 0.6 is 0 Å². The van der Waals surface area contributed by atoms with E-state index in [1.807, 2.05) is 0 Å². The van der Waals surface area contributed by atoms with Crippen molar-refractivity contribution in [3.63, 3.8) is 0 Å². The van der Waals surface area contributed by atoms with Crippen molar-refractivity contribution >= 4 is 0 Å². The van der Waals surface area contributed by atoms with Crippen molar-refractivity contribution in [2.45, 2.75) is 34.6 Å². The summed E-state index contributed by atoms with van der Waals surface area (Å²) in [4.78, 5) is 0. The second-order valence-electron chi connectivity index (χ2n) is 9.88. The largest absolute Gasteiger partial charge is 0.207 e. The number of hydrogen-bond acceptors (Lipinski definition) is 0. The van der Waals surface area contributed by atoms with E-state index < -0.39 is 87.0 Å². The molecule has 0 unspecified atom stereocenters. The van der Waals surface area contributed by atoms with Gasteiger partial charge in [0.15, 0.2) is 23.3 Å². The molecule has 49 heavy (non-hydrogen) atoms. The fraction of sp³-hybridized carbons (Fsp3) is 0.143. The molecule has 0 fully saturated rings. The first-order valence-corrected chi connectivity index (χ1v) is 13.5. The summed E-state index contributed by atoms with van der Waals surface area (Å²) in [6, 6.07) is 12.0. The lowest BCUT2D eigenvalue weighted by atomic mass is 10.2. The van der Waals surface area contributed by atoms with Gasteiger partial charge in [-0.3, -0.25) is 0 Å². The van der Waals surface area contributed by atoms with Crippen LogP contribution in [0.5, 0.6) is 0 Å². The van der Waals surface area contributed by atoms with Crippen LogP contribution in [0.1, 0.15) is 27.8 Å². The lowest BCUT2D eigenvalue weighted by molar-refractivity contribution is 0.373. The highest BCUT2D eigenvalue weighted by Gasteiger charge is 2.22. The molecule has 0 atom stereocenters. The van der Waals surface area contributed by atoms with Gasteiger partial charge in [0, 0.05) is 41.0 Å². The highest BCUT2D eigenvalue weighted by molar-refractivity contribution is 5.22. The fourth-order valence-corrected chi connectivity index (χ4v) is 3.17. The molecule has 264 valence electrons. The van der Waals surface area contributed by atoms with E-state index >= 15 is 0 Å². The number of aryl methyl sites for hydroxylation is 2. The summed E-state index contributed by atoms with van der Waals surface area (Å²) in [5, 5.41) is 0. The van der Waals surface area contributed by atoms with E-state index in [2.05, 4.69) is 0 Å². The molecule has 0 heterocycles. The second-order valence-corrected chi connectivity index (χ2v) is 9.88. The standard InChI is InChI=1S/C7H3F5.C7H5F3.3C7H6F2/c1-2-3(8)5(10)7(12)6(11)4(2)9;1-4-6(9)2-5(8)3-7(4)10;1-5-2-6(8)4-7(9)3-5;1-5-2-3-6(8)4-7(5)9;1-5-6(8)3-2-4-7(5)9/h1H3;2-3H,1H3;3*2-4H,1H3. The first-order valence-electron chi connectivity index (χ1n) is 13.5. The average Bonchev–Trinajstić information content (AvgIpc) is 3.02. The van der Waals surface area contributed by atoms with Gasteiger partial charge < -0.3 is 0 Å². The third kappa shape index (κ3) is 13.3. The van der Waals surface area contributed by atoms with Crippen molar-refractivity contribution in [3.8, 4) is 0 Å². The predicted octanol–water partition coefficient (Wildman–Crippen LogP) is 11.9. The zero-order valence-corrected chi connectivity index (χ0v) is 26.1. The molecule has 0 spiro atoms. The van der Waals surface area contributed by atoms with E-state index in [1.54, 1.807) is 13.8 Å². The Morgan fingerprint density at radius 1 is 0.306 bits per heavy atom. The van der Waals surface area contributed by atoms with Gasteiger partial charge in [-0.1, -0.05) is 12.1 Å². The van der Waals surface area contributed by atoms with Gasteiger partial charge in [-0.2, -0.15) is 0 Å². The molecule has 0 saturated carbocycles. The van der Waals surface area contributed by atoms with Crippen molar-refractivity contribution < 1.29 is 61.5 Å². The van der Waals surface area contributed by atoms with Crippen molar-refractivity contribution in [1.29, 1.82) is 0 Å². The fourth-order valence-electron chi connectivity index (χ4n) is 3.17. The lowest BCUT2D eigenvalue weighted by Crippen LogP contribution is -2.03. The third-order valence-corrected chi connectivity index (χ3v) is 6.02. The van der Waals surface area contributed by atoms with Crippen LogP contribution in [0.4, 0.5) is 61.5 Å². The summed E-state index contributed by atoms with van der Waals surface area (Å²) in [5.41, 5.74) is 0.134. The molecular formula is C35H26F14. The van der Waals surface area contributed by atoms with Crippen molar-refractivity contribution in [2.24, 2.45) is 0 Å². The number of halogens is 14. The van der Waals surface area contributed by atoms with E-state index in [4.69, 9.17) is 0 Å². The summed E-state index contributed by atoms with van der Waals surface area (Å²) in [7, 11) is 0. The van der Waals surface area contributed by atoms with E-state index in [-0.39, 0.29) is 11.1 Å². The Labute approximate surface area is 272 Å². The zero-order valence-electron chi connectivity index (χ0n) is 26.1. The van der Waals surface area contributed by atoms with Gasteiger partial charge in [0.1, 0.15) is 52.4 Å². The van der Waals surface area contributed by atoms with Crippen LogP contribution in [0, 0.1) is 116 Å². The van der Waals surface area contributed by atoms with Gasteiger partial charge in [-0.25, -0.2) is 61.5 Å². The summed E-state index contributed by atoms with van der Waals surface area (Å²) in [6.45, 7) is 6.71. The van der Waals surface area contributed by atoms with E-state index in [0.717, 1.165) is 19.1 Å². The minimum Gasteiger partial charge on any atom is -0.207 e. The molecule has 0 N–H and O–H groups in total. The van der Waals surface area contributed by atoms with Gasteiger partial charge in [0.25, 0.3) is 0 Å². The Hall–Kier alpha value is -4.88. The van der Waals surface area contributed by atoms with Gasteiger partial charge in [0.2, 0.25) is 5.82 Å². The first kappa shape index (κ1) is 42.1. The first-order chi connectivity index (χ1) is 22.7. The highest BCUT2D eigenvalue weighted by atomic mass is 19.2. The van der Waals surface area contributed by atoms with Crippen molar-refractivity contribution in [2.75, 3.05) is 0 Å². The minimum atomic E-state index is -2.13. The molecule has 0 aliphatic carbocycles. The predicted molar refractivity (Wildman–Crippen MR) is 155 cm³/mol. The van der Waals surface area contributed by atoms with Crippen molar-refractivity contribution in [3.05, 3.63) is 176 Å². The molecule has 0 saturated heterocycles. The molecule has 5 rings (SSSR count). The van der Waals surface area contributed by atoms with Gasteiger partial charge in [-0.15, -0.1) is 0 Å². The maximum Gasteiger partial charge on any atom is 0.200 e. The molecule has 0 aliphatic rings. The number of hydrogen-bond donors (Lipinski definition) is 0. The van der Waals surface area contributed by atoms with Crippen LogP contribution in [-0.4, -0.2) is 0 Å². The topological polar surface area (TPSA) is 0 Å². The van der Waals surface area contributed by atoms with Crippen LogP contribution in [0.25, 0.3) is 0 Å². The third-order valence-electron chi connectivity index (χ3n) is 6.02. The molecule has 0 aliphatic heterocycles. The summed E-state index contributed by atoms with van der Waals surface area (Å²) in [6.07, 6.45) is 0. The molecule has 0 aromatic heterocycles. The molecule has 0 amide bonds. The summed E-state index contributed by atoms with van der Waals surface area (Å²) >= 11 is 0. The molecule has 5 aromatic carbocycles. The maximum absolute atomic E-state index is 12.4. The Kier molecular flexibility index (Phi) is 16.5. The molecule has 0 radical (unpaired) electrons. The van der Waals surface area contributed by atoms with Crippen LogP contribution in [0.3, 0.4) is 0 Å². The van der Waals surface area contributed by atoms with Crippen molar-refractivity contribution in [1.82, 2.24) is 0 Å². The smallest absolute Gasteiger partial charge is 0.200 e. The molecule has 14 heteroatoms. The highest BCUT2D eigenvalue weighted by Crippen LogP contribution is 2.21. The van der Waals surface area contributed by atoms with Gasteiger partial charge >= 0.3 is 0 Å². The molecule has 5 aromatic rings. The van der Waals surface area contributed by atoms with Crippen LogP contribution in [0.15, 0.2) is 66.7 Å². The molecule has 0 bridgehead atoms.